The van der Waals surface area contributed by atoms with Gasteiger partial charge in [-0.15, -0.1) is 0 Å². The molecule has 1 unspecified atom stereocenters. The maximum absolute atomic E-state index is 12.4. The third-order valence-electron chi connectivity index (χ3n) is 4.12. The molecule has 0 aliphatic heterocycles. The Morgan fingerprint density at radius 2 is 1.86 bits per heavy atom. The predicted octanol–water partition coefficient (Wildman–Crippen LogP) is 4.54. The van der Waals surface area contributed by atoms with Gasteiger partial charge >= 0.3 is 0 Å². The molecule has 0 spiro atoms. The third kappa shape index (κ3) is 5.59. The minimum atomic E-state index is -0.739. The summed E-state index contributed by atoms with van der Waals surface area (Å²) in [4.78, 5) is 20.9. The molecule has 0 fully saturated rings. The largest absolute Gasteiger partial charge is 0.497 e. The minimum absolute atomic E-state index is 0.243. The van der Waals surface area contributed by atoms with Gasteiger partial charge in [-0.05, 0) is 55.5 Å². The molecule has 29 heavy (non-hydrogen) atoms. The molecule has 2 aromatic carbocycles. The number of benzene rings is 2. The molecule has 8 heteroatoms. The van der Waals surface area contributed by atoms with E-state index in [1.807, 2.05) is 30.3 Å². The first-order chi connectivity index (χ1) is 14.0. The number of halogens is 2. The van der Waals surface area contributed by atoms with Crippen molar-refractivity contribution in [3.05, 3.63) is 70.6 Å². The number of aromatic nitrogens is 2. The van der Waals surface area contributed by atoms with Crippen LogP contribution in [0, 0.1) is 0 Å². The van der Waals surface area contributed by atoms with Crippen LogP contribution in [-0.2, 0) is 11.3 Å². The van der Waals surface area contributed by atoms with Crippen LogP contribution in [0.2, 0.25) is 10.0 Å². The summed E-state index contributed by atoms with van der Waals surface area (Å²) in [6.45, 7) is 1.88. The van der Waals surface area contributed by atoms with Crippen molar-refractivity contribution in [1.82, 2.24) is 15.3 Å². The van der Waals surface area contributed by atoms with Crippen LogP contribution in [0.15, 0.2) is 54.9 Å². The highest BCUT2D eigenvalue weighted by molar-refractivity contribution is 6.35. The van der Waals surface area contributed by atoms with E-state index in [4.69, 9.17) is 32.7 Å². The normalized spacial score (nSPS) is 11.6. The van der Waals surface area contributed by atoms with E-state index < -0.39 is 6.10 Å². The summed E-state index contributed by atoms with van der Waals surface area (Å²) in [7, 11) is 1.62. The van der Waals surface area contributed by atoms with Crippen LogP contribution in [-0.4, -0.2) is 29.1 Å². The average molecular weight is 432 g/mol. The Morgan fingerprint density at radius 3 is 2.55 bits per heavy atom. The van der Waals surface area contributed by atoms with Crippen LogP contribution < -0.4 is 14.8 Å². The van der Waals surface area contributed by atoms with E-state index in [0.29, 0.717) is 21.5 Å². The zero-order valence-corrected chi connectivity index (χ0v) is 17.4. The van der Waals surface area contributed by atoms with E-state index in [9.17, 15) is 4.79 Å². The van der Waals surface area contributed by atoms with E-state index in [-0.39, 0.29) is 12.5 Å². The average Bonchev–Trinajstić information content (AvgIpc) is 2.74. The van der Waals surface area contributed by atoms with Gasteiger partial charge in [-0.1, -0.05) is 23.2 Å². The highest BCUT2D eigenvalue weighted by atomic mass is 35.5. The highest BCUT2D eigenvalue weighted by Crippen LogP contribution is 2.28. The Kier molecular flexibility index (Phi) is 6.90. The van der Waals surface area contributed by atoms with Gasteiger partial charge in [0.2, 0.25) is 0 Å². The fourth-order valence-corrected chi connectivity index (χ4v) is 3.00. The van der Waals surface area contributed by atoms with Crippen LogP contribution in [0.1, 0.15) is 12.6 Å². The summed E-state index contributed by atoms with van der Waals surface area (Å²) in [6, 6.07) is 14.2. The number of nitrogens with zero attached hydrogens (tertiary/aromatic N) is 2. The molecule has 0 radical (unpaired) electrons. The lowest BCUT2D eigenvalue weighted by molar-refractivity contribution is -0.127. The molecule has 1 N–H and O–H groups in total. The lowest BCUT2D eigenvalue weighted by atomic mass is 10.1. The zero-order valence-electron chi connectivity index (χ0n) is 15.9. The molecule has 1 heterocycles. The van der Waals surface area contributed by atoms with Gasteiger partial charge < -0.3 is 14.8 Å². The lowest BCUT2D eigenvalue weighted by Gasteiger charge is -2.15. The number of ether oxygens (including phenoxy) is 2. The molecule has 0 saturated carbocycles. The van der Waals surface area contributed by atoms with Gasteiger partial charge in [-0.25, -0.2) is 9.97 Å². The number of amides is 1. The highest BCUT2D eigenvalue weighted by Gasteiger charge is 2.16. The predicted molar refractivity (Wildman–Crippen MR) is 112 cm³/mol. The van der Waals surface area contributed by atoms with Crippen molar-refractivity contribution >= 4 is 29.1 Å². The fourth-order valence-electron chi connectivity index (χ4n) is 2.55. The molecule has 1 amide bonds. The quantitative estimate of drug-likeness (QED) is 0.594. The number of hydrogen-bond acceptors (Lipinski definition) is 5. The van der Waals surface area contributed by atoms with Crippen molar-refractivity contribution in [2.45, 2.75) is 19.6 Å². The van der Waals surface area contributed by atoms with Crippen molar-refractivity contribution < 1.29 is 14.3 Å². The van der Waals surface area contributed by atoms with Crippen molar-refractivity contribution in [3.8, 4) is 22.8 Å². The smallest absolute Gasteiger partial charge is 0.261 e. The molecule has 3 aromatic rings. The fraction of sp³-hybridized carbons (Fsp3) is 0.190. The minimum Gasteiger partial charge on any atom is -0.497 e. The second kappa shape index (κ2) is 9.58. The summed E-state index contributed by atoms with van der Waals surface area (Å²) in [5, 5.41) is 3.64. The van der Waals surface area contributed by atoms with Crippen LogP contribution >= 0.6 is 23.2 Å². The maximum Gasteiger partial charge on any atom is 0.261 e. The van der Waals surface area contributed by atoms with Gasteiger partial charge in [0.1, 0.15) is 17.8 Å². The SMILES string of the molecule is COc1ccc(-c2cc(CNC(=O)C(C)Oc3ccc(Cl)cc3Cl)ncn2)cc1. The molecule has 0 aliphatic carbocycles. The second-order valence-electron chi connectivity index (χ2n) is 6.18. The van der Waals surface area contributed by atoms with Crippen molar-refractivity contribution in [3.63, 3.8) is 0 Å². The number of carbonyl (C=O) groups excluding carboxylic acids is 1. The Hall–Kier alpha value is -2.83. The number of rotatable bonds is 7. The molecule has 6 nitrogen and oxygen atoms in total. The number of nitrogens with one attached hydrogen (secondary N) is 1. The van der Waals surface area contributed by atoms with Gasteiger partial charge in [0.25, 0.3) is 5.91 Å². The Bertz CT molecular complexity index is 997. The van der Waals surface area contributed by atoms with E-state index in [1.165, 1.54) is 6.33 Å². The summed E-state index contributed by atoms with van der Waals surface area (Å²) in [5.74, 6) is 0.869. The monoisotopic (exact) mass is 431 g/mol. The van der Waals surface area contributed by atoms with E-state index in [2.05, 4.69) is 15.3 Å². The first-order valence-electron chi connectivity index (χ1n) is 8.81. The van der Waals surface area contributed by atoms with E-state index in [0.717, 1.165) is 17.0 Å². The van der Waals surface area contributed by atoms with Crippen LogP contribution in [0.25, 0.3) is 11.3 Å². The maximum atomic E-state index is 12.4. The standard InChI is InChI=1S/C21H19Cl2N3O3/c1-13(29-20-8-5-15(22)9-18(20)23)21(27)24-11-16-10-19(26-12-25-16)14-3-6-17(28-2)7-4-14/h3-10,12-13H,11H2,1-2H3,(H,24,27). The Balaban J connectivity index is 1.60. The molecule has 150 valence electrons. The van der Waals surface area contributed by atoms with Crippen molar-refractivity contribution in [1.29, 1.82) is 0 Å². The molecular weight excluding hydrogens is 413 g/mol. The molecule has 3 rings (SSSR count). The first kappa shape index (κ1) is 20.9. The van der Waals surface area contributed by atoms with Crippen molar-refractivity contribution in [2.75, 3.05) is 7.11 Å². The topological polar surface area (TPSA) is 73.3 Å². The van der Waals surface area contributed by atoms with E-state index >= 15 is 0 Å². The van der Waals surface area contributed by atoms with E-state index in [1.54, 1.807) is 32.2 Å². The first-order valence-corrected chi connectivity index (χ1v) is 9.56. The van der Waals surface area contributed by atoms with Crippen LogP contribution in [0.5, 0.6) is 11.5 Å². The third-order valence-corrected chi connectivity index (χ3v) is 4.65. The molecule has 0 aliphatic rings. The summed E-state index contributed by atoms with van der Waals surface area (Å²) in [5.41, 5.74) is 2.36. The van der Waals surface area contributed by atoms with Crippen LogP contribution in [0.4, 0.5) is 0 Å². The second-order valence-corrected chi connectivity index (χ2v) is 7.02. The number of hydrogen-bond donors (Lipinski definition) is 1. The van der Waals surface area contributed by atoms with Gasteiger partial charge in [0.15, 0.2) is 6.10 Å². The Labute approximate surface area is 178 Å². The number of methoxy groups -OCH3 is 1. The number of carbonyl (C=O) groups is 1. The molecular formula is C21H19Cl2N3O3. The zero-order chi connectivity index (χ0) is 20.8. The van der Waals surface area contributed by atoms with Gasteiger partial charge in [-0.3, -0.25) is 4.79 Å². The molecule has 0 bridgehead atoms. The van der Waals surface area contributed by atoms with Crippen molar-refractivity contribution in [2.24, 2.45) is 0 Å². The summed E-state index contributed by atoms with van der Waals surface area (Å²) < 4.78 is 10.8. The summed E-state index contributed by atoms with van der Waals surface area (Å²) in [6.07, 6.45) is 0.727. The summed E-state index contributed by atoms with van der Waals surface area (Å²) >= 11 is 11.9. The van der Waals surface area contributed by atoms with Crippen LogP contribution in [0.3, 0.4) is 0 Å². The lowest BCUT2D eigenvalue weighted by Crippen LogP contribution is -2.36. The van der Waals surface area contributed by atoms with Gasteiger partial charge in [0.05, 0.1) is 30.1 Å². The van der Waals surface area contributed by atoms with Gasteiger partial charge in [-0.2, -0.15) is 0 Å². The molecule has 0 saturated heterocycles. The molecule has 1 atom stereocenters. The Morgan fingerprint density at radius 1 is 1.10 bits per heavy atom. The van der Waals surface area contributed by atoms with Gasteiger partial charge in [0, 0.05) is 10.6 Å². The molecule has 1 aromatic heterocycles.